The molecule has 0 aliphatic carbocycles. The fourth-order valence-corrected chi connectivity index (χ4v) is 1.39. The number of aromatic hydroxyl groups is 1. The van der Waals surface area contributed by atoms with E-state index in [0.717, 1.165) is 6.07 Å². The Labute approximate surface area is 92.9 Å². The summed E-state index contributed by atoms with van der Waals surface area (Å²) >= 11 is 0. The minimum atomic E-state index is -0.689. The highest BCUT2D eigenvalue weighted by Gasteiger charge is 2.08. The number of nitrogens with zero attached hydrogens (tertiary/aromatic N) is 2. The van der Waals surface area contributed by atoms with Crippen LogP contribution in [0, 0.1) is 11.9 Å². The molecule has 0 unspecified atom stereocenters. The second-order valence-corrected chi connectivity index (χ2v) is 3.42. The van der Waals surface area contributed by atoms with E-state index in [0.29, 0.717) is 31.9 Å². The summed E-state index contributed by atoms with van der Waals surface area (Å²) in [7, 11) is 0. The van der Waals surface area contributed by atoms with Crippen LogP contribution in [-0.4, -0.2) is 42.6 Å². The molecule has 16 heavy (non-hydrogen) atoms. The largest absolute Gasteiger partial charge is 0.504 e. The lowest BCUT2D eigenvalue weighted by Crippen LogP contribution is -2.32. The summed E-state index contributed by atoms with van der Waals surface area (Å²) < 4.78 is 18.1. The minimum Gasteiger partial charge on any atom is -0.504 e. The van der Waals surface area contributed by atoms with Crippen molar-refractivity contribution in [2.24, 2.45) is 5.10 Å². The van der Waals surface area contributed by atoms with Gasteiger partial charge >= 0.3 is 0 Å². The molecule has 4 nitrogen and oxygen atoms in total. The number of hydrogen-bond acceptors (Lipinski definition) is 4. The third kappa shape index (κ3) is 2.49. The van der Waals surface area contributed by atoms with Gasteiger partial charge in [-0.15, -0.1) is 0 Å². The molecule has 0 spiro atoms. The molecule has 1 N–H and O–H groups in total. The number of hydrogen-bond donors (Lipinski definition) is 1. The van der Waals surface area contributed by atoms with Gasteiger partial charge in [0.1, 0.15) is 0 Å². The molecule has 1 heterocycles. The van der Waals surface area contributed by atoms with Gasteiger partial charge in [-0.2, -0.15) is 5.10 Å². The molecular weight excluding hydrogens is 211 g/mol. The fraction of sp³-hybridized carbons (Fsp3) is 0.364. The SMILES string of the molecule is Oc1c(F)c[c]cc1C=NN1CCOCC1. The van der Waals surface area contributed by atoms with Gasteiger partial charge < -0.3 is 9.84 Å². The average Bonchev–Trinajstić information content (AvgIpc) is 2.32. The summed E-state index contributed by atoms with van der Waals surface area (Å²) in [6.45, 7) is 2.68. The maximum Gasteiger partial charge on any atom is 0.166 e. The average molecular weight is 223 g/mol. The number of ether oxygens (including phenoxy) is 1. The van der Waals surface area contributed by atoms with E-state index in [4.69, 9.17) is 4.74 Å². The van der Waals surface area contributed by atoms with Crippen LogP contribution in [-0.2, 0) is 4.74 Å². The molecule has 1 aliphatic heterocycles. The Morgan fingerprint density at radius 3 is 2.94 bits per heavy atom. The zero-order chi connectivity index (χ0) is 11.4. The normalized spacial score (nSPS) is 16.9. The van der Waals surface area contributed by atoms with Crippen molar-refractivity contribution in [3.8, 4) is 5.75 Å². The van der Waals surface area contributed by atoms with Crippen LogP contribution in [0.15, 0.2) is 17.2 Å². The van der Waals surface area contributed by atoms with E-state index in [2.05, 4.69) is 11.2 Å². The first-order valence-corrected chi connectivity index (χ1v) is 5.02. The van der Waals surface area contributed by atoms with Crippen molar-refractivity contribution in [1.29, 1.82) is 0 Å². The maximum atomic E-state index is 13.0. The smallest absolute Gasteiger partial charge is 0.166 e. The van der Waals surface area contributed by atoms with Gasteiger partial charge in [0.05, 0.1) is 32.5 Å². The van der Waals surface area contributed by atoms with Crippen LogP contribution in [0.4, 0.5) is 4.39 Å². The maximum absolute atomic E-state index is 13.0. The summed E-state index contributed by atoms with van der Waals surface area (Å²) in [6.07, 6.45) is 1.43. The second-order valence-electron chi connectivity index (χ2n) is 3.42. The number of phenolic OH excluding ortho intramolecular Hbond substituents is 1. The predicted octanol–water partition coefficient (Wildman–Crippen LogP) is 0.998. The highest BCUT2D eigenvalue weighted by atomic mass is 19.1. The highest BCUT2D eigenvalue weighted by molar-refractivity contribution is 5.83. The number of morpholine rings is 1. The molecule has 0 amide bonds. The Hall–Kier alpha value is -1.62. The van der Waals surface area contributed by atoms with Crippen molar-refractivity contribution in [3.05, 3.63) is 29.6 Å². The van der Waals surface area contributed by atoms with Crippen molar-refractivity contribution in [2.75, 3.05) is 26.3 Å². The second kappa shape index (κ2) is 4.94. The van der Waals surface area contributed by atoms with E-state index in [1.54, 1.807) is 0 Å². The lowest BCUT2D eigenvalue weighted by molar-refractivity contribution is 0.0397. The first kappa shape index (κ1) is 10.9. The Kier molecular flexibility index (Phi) is 3.36. The molecule has 1 aromatic carbocycles. The third-order valence-electron chi connectivity index (χ3n) is 2.30. The van der Waals surface area contributed by atoms with Crippen molar-refractivity contribution in [2.45, 2.75) is 0 Å². The zero-order valence-corrected chi connectivity index (χ0v) is 8.69. The molecule has 1 radical (unpaired) electrons. The van der Waals surface area contributed by atoms with E-state index in [-0.39, 0.29) is 0 Å². The minimum absolute atomic E-state index is 0.325. The number of benzene rings is 1. The lowest BCUT2D eigenvalue weighted by atomic mass is 10.2. The van der Waals surface area contributed by atoms with E-state index in [9.17, 15) is 9.50 Å². The molecule has 0 saturated carbocycles. The standard InChI is InChI=1S/C11H12FN2O2/c12-10-3-1-2-9(11(10)15)8-13-14-4-6-16-7-5-14/h2-3,8,15H,4-7H2. The van der Waals surface area contributed by atoms with Gasteiger partial charge in [0.25, 0.3) is 0 Å². The van der Waals surface area contributed by atoms with Crippen molar-refractivity contribution in [3.63, 3.8) is 0 Å². The third-order valence-corrected chi connectivity index (χ3v) is 2.30. The van der Waals surface area contributed by atoms with E-state index in [1.807, 2.05) is 5.01 Å². The quantitative estimate of drug-likeness (QED) is 0.761. The summed E-state index contributed by atoms with van der Waals surface area (Å²) in [6, 6.07) is 5.16. The van der Waals surface area contributed by atoms with Gasteiger partial charge in [0, 0.05) is 5.56 Å². The van der Waals surface area contributed by atoms with Crippen LogP contribution in [0.5, 0.6) is 5.75 Å². The van der Waals surface area contributed by atoms with Gasteiger partial charge in [-0.1, -0.05) is 0 Å². The summed E-state index contributed by atoms with van der Waals surface area (Å²) in [5, 5.41) is 15.3. The summed E-state index contributed by atoms with van der Waals surface area (Å²) in [5.41, 5.74) is 0.325. The van der Waals surface area contributed by atoms with Gasteiger partial charge in [-0.25, -0.2) is 4.39 Å². The van der Waals surface area contributed by atoms with Crippen molar-refractivity contribution < 1.29 is 14.2 Å². The van der Waals surface area contributed by atoms with Crippen LogP contribution in [0.25, 0.3) is 0 Å². The van der Waals surface area contributed by atoms with Crippen LogP contribution < -0.4 is 0 Å². The number of phenols is 1. The first-order valence-electron chi connectivity index (χ1n) is 5.02. The van der Waals surface area contributed by atoms with E-state index in [1.165, 1.54) is 12.3 Å². The monoisotopic (exact) mass is 223 g/mol. The van der Waals surface area contributed by atoms with Gasteiger partial charge in [0.2, 0.25) is 0 Å². The van der Waals surface area contributed by atoms with Gasteiger partial charge in [-0.05, 0) is 18.2 Å². The Balaban J connectivity index is 2.07. The number of hydrazone groups is 1. The molecule has 85 valence electrons. The Bertz CT molecular complexity index is 390. The predicted molar refractivity (Wildman–Crippen MR) is 56.9 cm³/mol. The molecule has 1 aliphatic rings. The summed E-state index contributed by atoms with van der Waals surface area (Å²) in [5.74, 6) is -1.08. The molecule has 5 heteroatoms. The van der Waals surface area contributed by atoms with Gasteiger partial charge in [0.15, 0.2) is 11.6 Å². The highest BCUT2D eigenvalue weighted by Crippen LogP contribution is 2.18. The Morgan fingerprint density at radius 2 is 2.19 bits per heavy atom. The topological polar surface area (TPSA) is 45.1 Å². The van der Waals surface area contributed by atoms with Crippen LogP contribution in [0.3, 0.4) is 0 Å². The fourth-order valence-electron chi connectivity index (χ4n) is 1.39. The number of rotatable bonds is 2. The molecule has 0 bridgehead atoms. The van der Waals surface area contributed by atoms with E-state index >= 15 is 0 Å². The molecular formula is C11H12FN2O2. The molecule has 0 atom stereocenters. The lowest BCUT2D eigenvalue weighted by Gasteiger charge is -2.23. The first-order chi connectivity index (χ1) is 7.77. The van der Waals surface area contributed by atoms with Gasteiger partial charge in [-0.3, -0.25) is 5.01 Å². The molecule has 1 aromatic rings. The molecule has 1 saturated heterocycles. The Morgan fingerprint density at radius 1 is 1.44 bits per heavy atom. The van der Waals surface area contributed by atoms with Crippen molar-refractivity contribution >= 4 is 6.21 Å². The summed E-state index contributed by atoms with van der Waals surface area (Å²) in [4.78, 5) is 0. The zero-order valence-electron chi connectivity index (χ0n) is 8.69. The number of halogens is 1. The molecule has 0 aromatic heterocycles. The van der Waals surface area contributed by atoms with E-state index < -0.39 is 11.6 Å². The molecule has 2 rings (SSSR count). The van der Waals surface area contributed by atoms with Crippen molar-refractivity contribution in [1.82, 2.24) is 5.01 Å². The van der Waals surface area contributed by atoms with Crippen LogP contribution in [0.1, 0.15) is 5.56 Å². The van der Waals surface area contributed by atoms with Crippen LogP contribution in [0.2, 0.25) is 0 Å². The van der Waals surface area contributed by atoms with Crippen LogP contribution >= 0.6 is 0 Å². The molecule has 1 fully saturated rings.